The van der Waals surface area contributed by atoms with Crippen LogP contribution in [0.15, 0.2) is 0 Å². The van der Waals surface area contributed by atoms with E-state index in [0.29, 0.717) is 12.7 Å². The van der Waals surface area contributed by atoms with Crippen molar-refractivity contribution in [2.75, 3.05) is 0 Å². The third kappa shape index (κ3) is 238. The van der Waals surface area contributed by atoms with Gasteiger partial charge < -0.3 is 5.11 Å². The minimum Gasteiger partial charge on any atom is 0 e. The van der Waals surface area contributed by atoms with Gasteiger partial charge in [0.05, 0.1) is 0 Å². The first-order valence-corrected chi connectivity index (χ1v) is 3.88. The molecule has 0 rings (SSSR count). The second-order valence-corrected chi connectivity index (χ2v) is 2.20. The summed E-state index contributed by atoms with van der Waals surface area (Å²) in [4.78, 5) is 9.00. The third-order valence-corrected chi connectivity index (χ3v) is 0. The van der Waals surface area contributed by atoms with Gasteiger partial charge in [0.1, 0.15) is 0 Å². The van der Waals surface area contributed by atoms with Gasteiger partial charge in [-0.05, 0) is 0 Å². The van der Waals surface area contributed by atoms with Gasteiger partial charge in [-0.2, -0.15) is 0 Å². The molecule has 0 bridgehead atoms. The molecule has 0 aliphatic carbocycles. The summed E-state index contributed by atoms with van der Waals surface area (Å²) >= 11 is 0.569. The van der Waals surface area contributed by atoms with E-state index < -0.39 is 5.97 Å². The summed E-state index contributed by atoms with van der Waals surface area (Å²) in [5.41, 5.74) is 0. The van der Waals surface area contributed by atoms with E-state index in [-0.39, 0.29) is 16.5 Å². The topological polar surface area (TPSA) is 37.3 Å². The maximum Gasteiger partial charge on any atom is 0 e. The Bertz CT molecular complexity index is 47.3. The zero-order valence-corrected chi connectivity index (χ0v) is 7.23. The van der Waals surface area contributed by atoms with Crippen LogP contribution < -0.4 is 0 Å². The number of carbonyl (C=O) groups is 1. The molecule has 0 saturated heterocycles. The van der Waals surface area contributed by atoms with E-state index in [1.54, 1.807) is 0 Å². The van der Waals surface area contributed by atoms with Gasteiger partial charge >= 0.3 is 33.0 Å². The molecule has 0 heterocycles. The molecule has 0 aliphatic heterocycles. The van der Waals surface area contributed by atoms with Crippen molar-refractivity contribution in [1.29, 1.82) is 0 Å². The SMILES string of the molecule is CC(=O)O.[Cl][Ni][Cl].[Ni]. The first kappa shape index (κ1) is 16.0. The molecule has 0 fully saturated rings. The number of carboxylic acids is 1. The van der Waals surface area contributed by atoms with Crippen LogP contribution in [-0.4, -0.2) is 11.1 Å². The average Bonchev–Trinajstić information content (AvgIpc) is 1.33. The zero-order valence-electron chi connectivity index (χ0n) is 3.74. The van der Waals surface area contributed by atoms with Gasteiger partial charge in [-0.3, -0.25) is 4.79 Å². The van der Waals surface area contributed by atoms with Crippen LogP contribution in [0.3, 0.4) is 0 Å². The summed E-state index contributed by atoms with van der Waals surface area (Å²) < 4.78 is 0. The molecule has 0 aromatic rings. The van der Waals surface area contributed by atoms with E-state index >= 15 is 0 Å². The predicted molar refractivity (Wildman–Crippen MR) is 25.0 cm³/mol. The van der Waals surface area contributed by atoms with Crippen LogP contribution in [0.4, 0.5) is 0 Å². The quantitative estimate of drug-likeness (QED) is 0.659. The van der Waals surface area contributed by atoms with Crippen molar-refractivity contribution in [3.8, 4) is 0 Å². The van der Waals surface area contributed by atoms with E-state index in [1.165, 1.54) is 0 Å². The maximum atomic E-state index is 9.00. The van der Waals surface area contributed by atoms with Crippen molar-refractivity contribution in [3.63, 3.8) is 0 Å². The Balaban J connectivity index is -0.0000000575. The molecule has 0 saturated carbocycles. The molecule has 8 heavy (non-hydrogen) atoms. The summed E-state index contributed by atoms with van der Waals surface area (Å²) in [6.45, 7) is 1.08. The summed E-state index contributed by atoms with van der Waals surface area (Å²) in [5, 5.41) is 7.42. The van der Waals surface area contributed by atoms with Gasteiger partial charge in [-0.25, -0.2) is 0 Å². The molecular formula is C2H4Cl2Ni2O2. The molecule has 0 amide bonds. The third-order valence-electron chi connectivity index (χ3n) is 0. The first-order chi connectivity index (χ1) is 3.15. The van der Waals surface area contributed by atoms with Crippen LogP contribution in [0, 0.1) is 0 Å². The molecule has 0 atom stereocenters. The van der Waals surface area contributed by atoms with Crippen molar-refractivity contribution < 1.29 is 39.0 Å². The van der Waals surface area contributed by atoms with Crippen molar-refractivity contribution in [1.82, 2.24) is 0 Å². The zero-order chi connectivity index (χ0) is 6.28. The van der Waals surface area contributed by atoms with Crippen molar-refractivity contribution in [2.45, 2.75) is 6.92 Å². The van der Waals surface area contributed by atoms with Gasteiger partial charge in [-0.15, -0.1) is 0 Å². The first-order valence-electron chi connectivity index (χ1n) is 1.17. The Morgan fingerprint density at radius 2 is 1.62 bits per heavy atom. The number of hydrogen-bond acceptors (Lipinski definition) is 1. The molecule has 1 N–H and O–H groups in total. The predicted octanol–water partition coefficient (Wildman–Crippen LogP) is 1.46. The monoisotopic (exact) mass is 246 g/mol. The van der Waals surface area contributed by atoms with Crippen LogP contribution >= 0.6 is 20.4 Å². The molecule has 0 aromatic carbocycles. The molecule has 0 aromatic heterocycles. The smallest absolute Gasteiger partial charge is 0 e. The number of carboxylic acid groups (broad SMARTS) is 1. The summed E-state index contributed by atoms with van der Waals surface area (Å²) in [7, 11) is 9.40. The largest absolute Gasteiger partial charge is 0 e. The Morgan fingerprint density at radius 3 is 1.62 bits per heavy atom. The molecule has 2 nitrogen and oxygen atoms in total. The second kappa shape index (κ2) is 15.7. The van der Waals surface area contributed by atoms with Crippen molar-refractivity contribution >= 4 is 26.4 Å². The Hall–Kier alpha value is 1.04. The molecule has 58 valence electrons. The standard InChI is InChI=1S/C2H4O2.2ClH.2Ni/c1-2(3)4;;;;/h1H3,(H,3,4);2*1H;;/q;;;;+2/p-2. The van der Waals surface area contributed by atoms with Crippen LogP contribution in [0.25, 0.3) is 0 Å². The van der Waals surface area contributed by atoms with Crippen molar-refractivity contribution in [3.05, 3.63) is 0 Å². The summed E-state index contributed by atoms with van der Waals surface area (Å²) in [6, 6.07) is 0. The Morgan fingerprint density at radius 1 is 1.62 bits per heavy atom. The minimum absolute atomic E-state index is 0. The Labute approximate surface area is 72.2 Å². The maximum absolute atomic E-state index is 9.00. The fourth-order valence-corrected chi connectivity index (χ4v) is 0. The summed E-state index contributed by atoms with van der Waals surface area (Å²) in [5.74, 6) is -0.833. The fourth-order valence-electron chi connectivity index (χ4n) is 0. The number of aliphatic carboxylic acids is 1. The molecular weight excluding hydrogens is 244 g/mol. The van der Waals surface area contributed by atoms with Gasteiger partial charge in [0.25, 0.3) is 5.97 Å². The summed E-state index contributed by atoms with van der Waals surface area (Å²) in [6.07, 6.45) is 0. The number of halogens is 2. The van der Waals surface area contributed by atoms with E-state index in [9.17, 15) is 0 Å². The average molecular weight is 248 g/mol. The van der Waals surface area contributed by atoms with E-state index in [1.807, 2.05) is 0 Å². The van der Waals surface area contributed by atoms with Gasteiger partial charge in [-0.1, -0.05) is 0 Å². The van der Waals surface area contributed by atoms with Crippen LogP contribution in [0.1, 0.15) is 6.92 Å². The molecule has 0 spiro atoms. The van der Waals surface area contributed by atoms with Crippen LogP contribution in [0.5, 0.6) is 0 Å². The normalized spacial score (nSPS) is 5.88. The van der Waals surface area contributed by atoms with Gasteiger partial charge in [0.15, 0.2) is 0 Å². The van der Waals surface area contributed by atoms with Crippen LogP contribution in [0.2, 0.25) is 0 Å². The number of hydrogen-bond donors (Lipinski definition) is 1. The van der Waals surface area contributed by atoms with Gasteiger partial charge in [0, 0.05) is 23.4 Å². The minimum atomic E-state index is -0.833. The van der Waals surface area contributed by atoms with E-state index in [4.69, 9.17) is 30.3 Å². The second-order valence-electron chi connectivity index (χ2n) is 0.564. The molecule has 0 radical (unpaired) electrons. The molecule has 0 aliphatic rings. The Kier molecular flexibility index (Phi) is 31.4. The molecule has 0 unspecified atom stereocenters. The fraction of sp³-hybridized carbons (Fsp3) is 0.500. The van der Waals surface area contributed by atoms with Crippen LogP contribution in [-0.2, 0) is 33.9 Å². The molecule has 6 heteroatoms. The van der Waals surface area contributed by atoms with E-state index in [2.05, 4.69) is 0 Å². The van der Waals surface area contributed by atoms with Crippen molar-refractivity contribution in [2.24, 2.45) is 0 Å². The number of rotatable bonds is 0. The van der Waals surface area contributed by atoms with Gasteiger partial charge in [0.2, 0.25) is 0 Å². The van der Waals surface area contributed by atoms with E-state index in [0.717, 1.165) is 6.92 Å².